The molecule has 0 amide bonds. The minimum atomic E-state index is -0.329. The van der Waals surface area contributed by atoms with Gasteiger partial charge in [0.15, 0.2) is 11.5 Å². The molecule has 0 fully saturated rings. The molecule has 0 saturated carbocycles. The molecular formula is C13H16ClNO3. The van der Waals surface area contributed by atoms with Gasteiger partial charge in [0.1, 0.15) is 5.76 Å². The van der Waals surface area contributed by atoms with Crippen molar-refractivity contribution in [2.24, 2.45) is 5.73 Å². The van der Waals surface area contributed by atoms with Crippen molar-refractivity contribution < 1.29 is 14.2 Å². The molecule has 1 aromatic carbocycles. The molecule has 0 saturated heterocycles. The Balaban J connectivity index is 2.36. The third kappa shape index (κ3) is 2.40. The molecule has 1 aromatic rings. The van der Waals surface area contributed by atoms with E-state index >= 15 is 0 Å². The molecule has 0 spiro atoms. The second-order valence-corrected chi connectivity index (χ2v) is 4.37. The molecule has 0 aliphatic carbocycles. The fourth-order valence-corrected chi connectivity index (χ4v) is 2.23. The highest BCUT2D eigenvalue weighted by Gasteiger charge is 2.20. The Morgan fingerprint density at radius 1 is 1.33 bits per heavy atom. The van der Waals surface area contributed by atoms with Gasteiger partial charge >= 0.3 is 0 Å². The van der Waals surface area contributed by atoms with Gasteiger partial charge in [-0.05, 0) is 23.8 Å². The molecule has 0 aromatic heterocycles. The standard InChI is InChI=1S/C13H16ClNO3/c1-16-11-7-8(6-9(14)13(11)17-2)12(15)10-4-3-5-18-10/h4,6-7,12H,3,5,15H2,1-2H3. The van der Waals surface area contributed by atoms with Gasteiger partial charge in [-0.1, -0.05) is 11.6 Å². The van der Waals surface area contributed by atoms with E-state index in [0.29, 0.717) is 23.1 Å². The first kappa shape index (κ1) is 13.1. The first-order valence-electron chi connectivity index (χ1n) is 5.67. The Hall–Kier alpha value is -1.39. The lowest BCUT2D eigenvalue weighted by Crippen LogP contribution is -2.14. The fourth-order valence-electron chi connectivity index (χ4n) is 1.94. The molecule has 1 unspecified atom stereocenters. The van der Waals surface area contributed by atoms with Crippen molar-refractivity contribution in [1.82, 2.24) is 0 Å². The summed E-state index contributed by atoms with van der Waals surface area (Å²) in [7, 11) is 3.11. The van der Waals surface area contributed by atoms with E-state index in [1.54, 1.807) is 20.3 Å². The molecule has 1 aliphatic rings. The zero-order valence-corrected chi connectivity index (χ0v) is 11.2. The lowest BCUT2D eigenvalue weighted by Gasteiger charge is -2.17. The quantitative estimate of drug-likeness (QED) is 0.913. The van der Waals surface area contributed by atoms with Crippen molar-refractivity contribution in [3.8, 4) is 11.5 Å². The van der Waals surface area contributed by atoms with Gasteiger partial charge in [0.2, 0.25) is 0 Å². The summed E-state index contributed by atoms with van der Waals surface area (Å²) in [6.07, 6.45) is 2.89. The SMILES string of the molecule is COc1cc(C(N)C2=CCCO2)cc(Cl)c1OC. The number of ether oxygens (including phenoxy) is 3. The molecule has 4 nitrogen and oxygen atoms in total. The van der Waals surface area contributed by atoms with Crippen molar-refractivity contribution >= 4 is 11.6 Å². The first-order valence-corrected chi connectivity index (χ1v) is 6.05. The van der Waals surface area contributed by atoms with Crippen LogP contribution in [0.4, 0.5) is 0 Å². The van der Waals surface area contributed by atoms with Gasteiger partial charge in [0.05, 0.1) is 31.9 Å². The van der Waals surface area contributed by atoms with Gasteiger partial charge in [-0.3, -0.25) is 0 Å². The number of hydrogen-bond donors (Lipinski definition) is 1. The molecular weight excluding hydrogens is 254 g/mol. The van der Waals surface area contributed by atoms with Gasteiger partial charge < -0.3 is 19.9 Å². The minimum Gasteiger partial charge on any atom is -0.496 e. The zero-order valence-electron chi connectivity index (χ0n) is 10.4. The average Bonchev–Trinajstić information content (AvgIpc) is 2.90. The largest absolute Gasteiger partial charge is 0.496 e. The monoisotopic (exact) mass is 269 g/mol. The average molecular weight is 270 g/mol. The van der Waals surface area contributed by atoms with Crippen LogP contribution in [0, 0.1) is 0 Å². The molecule has 1 aliphatic heterocycles. The van der Waals surface area contributed by atoms with Gasteiger partial charge in [0.25, 0.3) is 0 Å². The minimum absolute atomic E-state index is 0.329. The van der Waals surface area contributed by atoms with Crippen LogP contribution in [-0.4, -0.2) is 20.8 Å². The second kappa shape index (κ2) is 5.50. The predicted octanol–water partition coefficient (Wildman–Crippen LogP) is 2.66. The Morgan fingerprint density at radius 3 is 2.67 bits per heavy atom. The summed E-state index contributed by atoms with van der Waals surface area (Å²) in [6.45, 7) is 0.685. The van der Waals surface area contributed by atoms with E-state index in [1.165, 1.54) is 0 Å². The van der Waals surface area contributed by atoms with Crippen LogP contribution < -0.4 is 15.2 Å². The summed E-state index contributed by atoms with van der Waals surface area (Å²) in [5.74, 6) is 1.85. The van der Waals surface area contributed by atoms with Crippen LogP contribution in [0.25, 0.3) is 0 Å². The van der Waals surface area contributed by atoms with E-state index in [0.717, 1.165) is 17.7 Å². The van der Waals surface area contributed by atoms with Gasteiger partial charge in [-0.25, -0.2) is 0 Å². The maximum Gasteiger partial charge on any atom is 0.179 e. The lowest BCUT2D eigenvalue weighted by molar-refractivity contribution is 0.225. The number of benzene rings is 1. The summed E-state index contributed by atoms with van der Waals surface area (Å²) in [4.78, 5) is 0. The number of hydrogen-bond acceptors (Lipinski definition) is 4. The molecule has 98 valence electrons. The molecule has 1 atom stereocenters. The van der Waals surface area contributed by atoms with Crippen molar-refractivity contribution in [2.45, 2.75) is 12.5 Å². The van der Waals surface area contributed by atoms with Crippen molar-refractivity contribution in [3.05, 3.63) is 34.6 Å². The third-order valence-corrected chi connectivity index (χ3v) is 3.13. The maximum atomic E-state index is 6.14. The van der Waals surface area contributed by atoms with Gasteiger partial charge in [-0.2, -0.15) is 0 Å². The number of rotatable bonds is 4. The fraction of sp³-hybridized carbons (Fsp3) is 0.385. The Kier molecular flexibility index (Phi) is 3.99. The normalized spacial score (nSPS) is 15.9. The zero-order chi connectivity index (χ0) is 13.1. The summed E-state index contributed by atoms with van der Waals surface area (Å²) >= 11 is 6.14. The Morgan fingerprint density at radius 2 is 2.11 bits per heavy atom. The van der Waals surface area contributed by atoms with Crippen molar-refractivity contribution in [2.75, 3.05) is 20.8 Å². The van der Waals surface area contributed by atoms with Crippen LogP contribution in [0.2, 0.25) is 5.02 Å². The highest BCUT2D eigenvalue weighted by Crippen LogP contribution is 2.38. The number of methoxy groups -OCH3 is 2. The van der Waals surface area contributed by atoms with E-state index in [-0.39, 0.29) is 6.04 Å². The predicted molar refractivity (Wildman–Crippen MR) is 70.1 cm³/mol. The number of nitrogens with two attached hydrogens (primary N) is 1. The van der Waals surface area contributed by atoms with E-state index in [1.807, 2.05) is 12.1 Å². The summed E-state index contributed by atoms with van der Waals surface area (Å²) in [5.41, 5.74) is 6.97. The maximum absolute atomic E-state index is 6.14. The van der Waals surface area contributed by atoms with Gasteiger partial charge in [0, 0.05) is 6.42 Å². The second-order valence-electron chi connectivity index (χ2n) is 3.96. The van der Waals surface area contributed by atoms with E-state index in [2.05, 4.69) is 0 Å². The first-order chi connectivity index (χ1) is 8.67. The molecule has 1 heterocycles. The van der Waals surface area contributed by atoms with Crippen LogP contribution >= 0.6 is 11.6 Å². The third-order valence-electron chi connectivity index (χ3n) is 2.85. The van der Waals surface area contributed by atoms with E-state index < -0.39 is 0 Å². The van der Waals surface area contributed by atoms with Crippen LogP contribution in [0.1, 0.15) is 18.0 Å². The summed E-state index contributed by atoms with van der Waals surface area (Å²) in [5, 5.41) is 0.473. The smallest absolute Gasteiger partial charge is 0.179 e. The molecule has 2 N–H and O–H groups in total. The van der Waals surface area contributed by atoms with Gasteiger partial charge in [-0.15, -0.1) is 0 Å². The van der Waals surface area contributed by atoms with E-state index in [9.17, 15) is 0 Å². The summed E-state index contributed by atoms with van der Waals surface area (Å²) < 4.78 is 15.9. The van der Waals surface area contributed by atoms with Crippen LogP contribution in [0.15, 0.2) is 24.0 Å². The van der Waals surface area contributed by atoms with Crippen LogP contribution in [-0.2, 0) is 4.74 Å². The summed E-state index contributed by atoms with van der Waals surface area (Å²) in [6, 6.07) is 3.26. The number of halogens is 1. The highest BCUT2D eigenvalue weighted by molar-refractivity contribution is 6.32. The van der Waals surface area contributed by atoms with Crippen molar-refractivity contribution in [3.63, 3.8) is 0 Å². The Labute approximate surface area is 111 Å². The lowest BCUT2D eigenvalue weighted by atomic mass is 10.0. The van der Waals surface area contributed by atoms with Crippen LogP contribution in [0.5, 0.6) is 11.5 Å². The molecule has 2 rings (SSSR count). The molecule has 5 heteroatoms. The van der Waals surface area contributed by atoms with E-state index in [4.69, 9.17) is 31.5 Å². The highest BCUT2D eigenvalue weighted by atomic mass is 35.5. The van der Waals surface area contributed by atoms with Crippen molar-refractivity contribution in [1.29, 1.82) is 0 Å². The Bertz CT molecular complexity index is 474. The van der Waals surface area contributed by atoms with Crippen LogP contribution in [0.3, 0.4) is 0 Å². The molecule has 18 heavy (non-hydrogen) atoms. The topological polar surface area (TPSA) is 53.7 Å². The molecule has 0 bridgehead atoms. The molecule has 0 radical (unpaired) electrons.